The number of nitrogens with one attached hydrogen (secondary N) is 1. The SMILES string of the molecule is Cc1ccc(S(=O)(=O)NCCOCCO)cc1N. The maximum atomic E-state index is 11.9. The summed E-state index contributed by atoms with van der Waals surface area (Å²) < 4.78 is 31.1. The van der Waals surface area contributed by atoms with Gasteiger partial charge in [-0.3, -0.25) is 0 Å². The molecule has 7 heteroatoms. The average Bonchev–Trinajstić information content (AvgIpc) is 2.32. The third kappa shape index (κ3) is 4.26. The minimum atomic E-state index is -3.56. The Morgan fingerprint density at radius 2 is 2.11 bits per heavy atom. The van der Waals surface area contributed by atoms with Crippen LogP contribution < -0.4 is 10.5 Å². The first-order valence-electron chi connectivity index (χ1n) is 5.52. The summed E-state index contributed by atoms with van der Waals surface area (Å²) >= 11 is 0. The van der Waals surface area contributed by atoms with Gasteiger partial charge in [0, 0.05) is 12.2 Å². The van der Waals surface area contributed by atoms with Crippen molar-refractivity contribution in [3.63, 3.8) is 0 Å². The van der Waals surface area contributed by atoms with Gasteiger partial charge in [-0.2, -0.15) is 0 Å². The predicted octanol–water partition coefficient (Wildman–Crippen LogP) is -0.136. The van der Waals surface area contributed by atoms with E-state index in [-0.39, 0.29) is 31.3 Å². The van der Waals surface area contributed by atoms with Gasteiger partial charge >= 0.3 is 0 Å². The molecule has 0 aliphatic carbocycles. The number of hydrogen-bond acceptors (Lipinski definition) is 5. The maximum absolute atomic E-state index is 11.9. The number of rotatable bonds is 7. The van der Waals surface area contributed by atoms with Gasteiger partial charge in [0.1, 0.15) is 0 Å². The van der Waals surface area contributed by atoms with Crippen LogP contribution in [0.3, 0.4) is 0 Å². The molecule has 0 saturated carbocycles. The van der Waals surface area contributed by atoms with Crippen LogP contribution in [0, 0.1) is 6.92 Å². The second kappa shape index (κ2) is 6.69. The van der Waals surface area contributed by atoms with Crippen molar-refractivity contribution in [2.45, 2.75) is 11.8 Å². The Morgan fingerprint density at radius 3 is 2.72 bits per heavy atom. The van der Waals surface area contributed by atoms with Gasteiger partial charge in [0.05, 0.1) is 24.7 Å². The fraction of sp³-hybridized carbons (Fsp3) is 0.455. The Labute approximate surface area is 107 Å². The molecule has 1 aromatic rings. The first-order chi connectivity index (χ1) is 8.47. The molecule has 1 aromatic carbocycles. The molecule has 0 fully saturated rings. The molecule has 0 heterocycles. The molecule has 18 heavy (non-hydrogen) atoms. The largest absolute Gasteiger partial charge is 0.398 e. The third-order valence-corrected chi connectivity index (χ3v) is 3.79. The summed E-state index contributed by atoms with van der Waals surface area (Å²) in [6.07, 6.45) is 0. The van der Waals surface area contributed by atoms with E-state index in [0.29, 0.717) is 5.69 Å². The van der Waals surface area contributed by atoms with Gasteiger partial charge in [0.2, 0.25) is 10.0 Å². The summed E-state index contributed by atoms with van der Waals surface area (Å²) in [7, 11) is -3.56. The summed E-state index contributed by atoms with van der Waals surface area (Å²) in [4.78, 5) is 0.132. The van der Waals surface area contributed by atoms with Gasteiger partial charge in [-0.25, -0.2) is 13.1 Å². The fourth-order valence-corrected chi connectivity index (χ4v) is 2.33. The summed E-state index contributed by atoms with van der Waals surface area (Å²) in [6, 6.07) is 4.58. The van der Waals surface area contributed by atoms with Crippen molar-refractivity contribution in [3.8, 4) is 0 Å². The van der Waals surface area contributed by atoms with Gasteiger partial charge < -0.3 is 15.6 Å². The molecule has 0 atom stereocenters. The third-order valence-electron chi connectivity index (χ3n) is 2.34. The monoisotopic (exact) mass is 274 g/mol. The number of aliphatic hydroxyl groups excluding tert-OH is 1. The second-order valence-electron chi connectivity index (χ2n) is 3.75. The minimum absolute atomic E-state index is 0.0821. The van der Waals surface area contributed by atoms with Crippen LogP contribution in [0.25, 0.3) is 0 Å². The number of nitrogen functional groups attached to an aromatic ring is 1. The summed E-state index contributed by atoms with van der Waals surface area (Å²) in [5.74, 6) is 0. The number of aryl methyl sites for hydroxylation is 1. The zero-order chi connectivity index (χ0) is 13.6. The number of ether oxygens (including phenoxy) is 1. The van der Waals surface area contributed by atoms with Crippen molar-refractivity contribution < 1.29 is 18.3 Å². The summed E-state index contributed by atoms with van der Waals surface area (Å²) in [5.41, 5.74) is 6.94. The van der Waals surface area contributed by atoms with E-state index in [1.54, 1.807) is 6.07 Å². The van der Waals surface area contributed by atoms with Gasteiger partial charge in [-0.05, 0) is 24.6 Å². The topological polar surface area (TPSA) is 102 Å². The number of anilines is 1. The number of sulfonamides is 1. The molecule has 0 unspecified atom stereocenters. The Kier molecular flexibility index (Phi) is 5.54. The highest BCUT2D eigenvalue weighted by Gasteiger charge is 2.13. The van der Waals surface area contributed by atoms with Crippen molar-refractivity contribution in [3.05, 3.63) is 23.8 Å². The molecule has 0 aliphatic heterocycles. The average molecular weight is 274 g/mol. The van der Waals surface area contributed by atoms with E-state index in [0.717, 1.165) is 5.56 Å². The van der Waals surface area contributed by atoms with E-state index in [1.165, 1.54) is 12.1 Å². The molecule has 0 amide bonds. The molecule has 0 spiro atoms. The fourth-order valence-electron chi connectivity index (χ4n) is 1.28. The lowest BCUT2D eigenvalue weighted by atomic mass is 10.2. The molecule has 102 valence electrons. The lowest BCUT2D eigenvalue weighted by molar-refractivity contribution is 0.0961. The molecular formula is C11H18N2O4S. The van der Waals surface area contributed by atoms with Gasteiger partial charge in [-0.15, -0.1) is 0 Å². The van der Waals surface area contributed by atoms with Crippen molar-refractivity contribution >= 4 is 15.7 Å². The van der Waals surface area contributed by atoms with Gasteiger partial charge in [0.25, 0.3) is 0 Å². The smallest absolute Gasteiger partial charge is 0.240 e. The van der Waals surface area contributed by atoms with Crippen LogP contribution in [-0.2, 0) is 14.8 Å². The Hall–Kier alpha value is -1.15. The van der Waals surface area contributed by atoms with Crippen LogP contribution in [0.15, 0.2) is 23.1 Å². The van der Waals surface area contributed by atoms with Gasteiger partial charge in [-0.1, -0.05) is 6.07 Å². The van der Waals surface area contributed by atoms with E-state index in [1.807, 2.05) is 6.92 Å². The summed E-state index contributed by atoms with van der Waals surface area (Å²) in [6.45, 7) is 2.28. The molecule has 1 rings (SSSR count). The van der Waals surface area contributed by atoms with E-state index in [4.69, 9.17) is 15.6 Å². The predicted molar refractivity (Wildman–Crippen MR) is 68.7 cm³/mol. The highest BCUT2D eigenvalue weighted by Crippen LogP contribution is 2.16. The molecule has 4 N–H and O–H groups in total. The molecule has 0 saturated heterocycles. The highest BCUT2D eigenvalue weighted by molar-refractivity contribution is 7.89. The van der Waals surface area contributed by atoms with Crippen molar-refractivity contribution in [1.29, 1.82) is 0 Å². The number of hydrogen-bond donors (Lipinski definition) is 3. The van der Waals surface area contributed by atoms with Crippen molar-refractivity contribution in [2.24, 2.45) is 0 Å². The zero-order valence-electron chi connectivity index (χ0n) is 10.2. The summed E-state index contributed by atoms with van der Waals surface area (Å²) in [5, 5.41) is 8.48. The maximum Gasteiger partial charge on any atom is 0.240 e. The zero-order valence-corrected chi connectivity index (χ0v) is 11.0. The number of benzene rings is 1. The Morgan fingerprint density at radius 1 is 1.39 bits per heavy atom. The first kappa shape index (κ1) is 14.9. The van der Waals surface area contributed by atoms with E-state index >= 15 is 0 Å². The van der Waals surface area contributed by atoms with Crippen LogP contribution in [0.2, 0.25) is 0 Å². The van der Waals surface area contributed by atoms with E-state index in [2.05, 4.69) is 4.72 Å². The van der Waals surface area contributed by atoms with E-state index in [9.17, 15) is 8.42 Å². The Bertz CT molecular complexity index is 488. The quantitative estimate of drug-likeness (QED) is 0.474. The Balaban J connectivity index is 2.60. The van der Waals surface area contributed by atoms with Crippen molar-refractivity contribution in [1.82, 2.24) is 4.72 Å². The van der Waals surface area contributed by atoms with Crippen LogP contribution in [0.1, 0.15) is 5.56 Å². The second-order valence-corrected chi connectivity index (χ2v) is 5.52. The molecule has 0 bridgehead atoms. The lowest BCUT2D eigenvalue weighted by Gasteiger charge is -2.08. The standard InChI is InChI=1S/C11H18N2O4S/c1-9-2-3-10(8-11(9)12)18(15,16)13-4-6-17-7-5-14/h2-3,8,13-14H,4-7,12H2,1H3. The molecule has 6 nitrogen and oxygen atoms in total. The number of nitrogens with two attached hydrogens (primary N) is 1. The molecule has 0 aromatic heterocycles. The van der Waals surface area contributed by atoms with Crippen LogP contribution >= 0.6 is 0 Å². The van der Waals surface area contributed by atoms with E-state index < -0.39 is 10.0 Å². The van der Waals surface area contributed by atoms with Crippen LogP contribution in [-0.4, -0.2) is 39.9 Å². The highest BCUT2D eigenvalue weighted by atomic mass is 32.2. The molecular weight excluding hydrogens is 256 g/mol. The molecule has 0 aliphatic rings. The molecule has 0 radical (unpaired) electrons. The van der Waals surface area contributed by atoms with Crippen LogP contribution in [0.5, 0.6) is 0 Å². The normalized spacial score (nSPS) is 11.7. The first-order valence-corrected chi connectivity index (χ1v) is 7.00. The minimum Gasteiger partial charge on any atom is -0.398 e. The van der Waals surface area contributed by atoms with Crippen LogP contribution in [0.4, 0.5) is 5.69 Å². The lowest BCUT2D eigenvalue weighted by Crippen LogP contribution is -2.27. The van der Waals surface area contributed by atoms with Gasteiger partial charge in [0.15, 0.2) is 0 Å². The van der Waals surface area contributed by atoms with Crippen molar-refractivity contribution in [2.75, 3.05) is 32.1 Å². The number of aliphatic hydroxyl groups is 1.